The summed E-state index contributed by atoms with van der Waals surface area (Å²) >= 11 is 0. The van der Waals surface area contributed by atoms with Crippen molar-refractivity contribution >= 4 is 5.91 Å². The summed E-state index contributed by atoms with van der Waals surface area (Å²) in [5.41, 5.74) is 1.57. The first kappa shape index (κ1) is 14.9. The van der Waals surface area contributed by atoms with Crippen LogP contribution in [0.5, 0.6) is 5.75 Å². The molecule has 20 heavy (non-hydrogen) atoms. The summed E-state index contributed by atoms with van der Waals surface area (Å²) < 4.78 is 0. The fraction of sp³-hybridized carbons (Fsp3) is 0.588. The fourth-order valence-electron chi connectivity index (χ4n) is 3.12. The van der Waals surface area contributed by atoms with Crippen molar-refractivity contribution in [3.63, 3.8) is 0 Å². The van der Waals surface area contributed by atoms with Crippen LogP contribution in [0.15, 0.2) is 18.2 Å². The Kier molecular flexibility index (Phi) is 5.05. The van der Waals surface area contributed by atoms with E-state index >= 15 is 0 Å². The van der Waals surface area contributed by atoms with Crippen LogP contribution in [0.2, 0.25) is 0 Å². The Morgan fingerprint density at radius 1 is 1.35 bits per heavy atom. The standard InChI is InChI=1S/C17H25NO2/c1-3-5-14-6-4-10-18(11-9-14)17(20)16-8-7-15(19)12-13(16)2/h7-8,12,14,19H,3-6,9-11H2,1-2H3. The number of aryl methyl sites for hydroxylation is 1. The van der Waals surface area contributed by atoms with Gasteiger partial charge in [-0.2, -0.15) is 0 Å². The summed E-state index contributed by atoms with van der Waals surface area (Å²) in [6, 6.07) is 4.99. The van der Waals surface area contributed by atoms with Gasteiger partial charge in [-0.05, 0) is 55.9 Å². The van der Waals surface area contributed by atoms with Crippen LogP contribution < -0.4 is 0 Å². The number of benzene rings is 1. The SMILES string of the molecule is CCCC1CCCN(C(=O)c2ccc(O)cc2C)CC1. The van der Waals surface area contributed by atoms with E-state index in [9.17, 15) is 9.90 Å². The first-order chi connectivity index (χ1) is 9.61. The molecule has 1 fully saturated rings. The van der Waals surface area contributed by atoms with Crippen molar-refractivity contribution in [2.75, 3.05) is 13.1 Å². The molecule has 0 saturated carbocycles. The van der Waals surface area contributed by atoms with Gasteiger partial charge in [0.25, 0.3) is 5.91 Å². The molecular weight excluding hydrogens is 250 g/mol. The second-order valence-corrected chi connectivity index (χ2v) is 5.88. The second-order valence-electron chi connectivity index (χ2n) is 5.88. The Balaban J connectivity index is 2.05. The predicted octanol–water partition coefficient (Wildman–Crippen LogP) is 3.74. The third kappa shape index (κ3) is 3.53. The van der Waals surface area contributed by atoms with Crippen molar-refractivity contribution in [1.29, 1.82) is 0 Å². The smallest absolute Gasteiger partial charge is 0.254 e. The van der Waals surface area contributed by atoms with Gasteiger partial charge >= 0.3 is 0 Å². The number of phenols is 1. The number of phenolic OH excluding ortho intramolecular Hbond substituents is 1. The molecule has 2 rings (SSSR count). The molecule has 1 amide bonds. The number of carbonyl (C=O) groups excluding carboxylic acids is 1. The minimum Gasteiger partial charge on any atom is -0.508 e. The molecule has 110 valence electrons. The Morgan fingerprint density at radius 2 is 2.15 bits per heavy atom. The highest BCUT2D eigenvalue weighted by molar-refractivity contribution is 5.95. The van der Waals surface area contributed by atoms with Gasteiger partial charge in [0.2, 0.25) is 0 Å². The molecular formula is C17H25NO2. The number of aromatic hydroxyl groups is 1. The van der Waals surface area contributed by atoms with Crippen molar-refractivity contribution in [2.24, 2.45) is 5.92 Å². The van der Waals surface area contributed by atoms with Crippen LogP contribution in [0.3, 0.4) is 0 Å². The first-order valence-electron chi connectivity index (χ1n) is 7.70. The van der Waals surface area contributed by atoms with Crippen molar-refractivity contribution in [3.05, 3.63) is 29.3 Å². The molecule has 0 radical (unpaired) electrons. The van der Waals surface area contributed by atoms with E-state index < -0.39 is 0 Å². The third-order valence-corrected chi connectivity index (χ3v) is 4.27. The number of likely N-dealkylation sites (tertiary alicyclic amines) is 1. The Hall–Kier alpha value is -1.51. The summed E-state index contributed by atoms with van der Waals surface area (Å²) in [4.78, 5) is 14.6. The topological polar surface area (TPSA) is 40.5 Å². The van der Waals surface area contributed by atoms with Gasteiger partial charge in [0.1, 0.15) is 5.75 Å². The molecule has 3 heteroatoms. The Bertz CT molecular complexity index is 470. The molecule has 0 aliphatic carbocycles. The van der Waals surface area contributed by atoms with Gasteiger partial charge in [0.05, 0.1) is 0 Å². The summed E-state index contributed by atoms with van der Waals surface area (Å²) in [6.45, 7) is 5.83. The minimum absolute atomic E-state index is 0.111. The highest BCUT2D eigenvalue weighted by atomic mass is 16.3. The van der Waals surface area contributed by atoms with E-state index in [0.29, 0.717) is 0 Å². The lowest BCUT2D eigenvalue weighted by Crippen LogP contribution is -2.32. The summed E-state index contributed by atoms with van der Waals surface area (Å²) in [5, 5.41) is 9.44. The number of hydrogen-bond donors (Lipinski definition) is 1. The Morgan fingerprint density at radius 3 is 2.85 bits per heavy atom. The number of rotatable bonds is 3. The molecule has 1 aromatic rings. The number of carbonyl (C=O) groups is 1. The average molecular weight is 275 g/mol. The predicted molar refractivity (Wildman–Crippen MR) is 81.0 cm³/mol. The van der Waals surface area contributed by atoms with Gasteiger partial charge in [-0.1, -0.05) is 19.8 Å². The fourth-order valence-corrected chi connectivity index (χ4v) is 3.12. The van der Waals surface area contributed by atoms with Gasteiger partial charge in [0.15, 0.2) is 0 Å². The van der Waals surface area contributed by atoms with Crippen molar-refractivity contribution in [2.45, 2.75) is 46.0 Å². The molecule has 1 N–H and O–H groups in total. The molecule has 3 nitrogen and oxygen atoms in total. The molecule has 0 bridgehead atoms. The highest BCUT2D eigenvalue weighted by Crippen LogP contribution is 2.24. The van der Waals surface area contributed by atoms with Crippen molar-refractivity contribution in [3.8, 4) is 5.75 Å². The molecule has 1 aliphatic rings. The van der Waals surface area contributed by atoms with E-state index in [-0.39, 0.29) is 11.7 Å². The van der Waals surface area contributed by atoms with E-state index in [2.05, 4.69) is 6.92 Å². The van der Waals surface area contributed by atoms with Crippen LogP contribution in [0.25, 0.3) is 0 Å². The maximum absolute atomic E-state index is 12.6. The molecule has 1 heterocycles. The van der Waals surface area contributed by atoms with Crippen LogP contribution >= 0.6 is 0 Å². The number of hydrogen-bond acceptors (Lipinski definition) is 2. The lowest BCUT2D eigenvalue weighted by Gasteiger charge is -2.21. The molecule has 1 aliphatic heterocycles. The average Bonchev–Trinajstić information content (AvgIpc) is 2.64. The van der Waals surface area contributed by atoms with Crippen LogP contribution in [-0.4, -0.2) is 29.0 Å². The normalized spacial score (nSPS) is 19.7. The lowest BCUT2D eigenvalue weighted by molar-refractivity contribution is 0.0759. The summed E-state index contributed by atoms with van der Waals surface area (Å²) in [7, 11) is 0. The van der Waals surface area contributed by atoms with Crippen molar-refractivity contribution in [1.82, 2.24) is 4.90 Å². The van der Waals surface area contributed by atoms with Gasteiger partial charge < -0.3 is 10.0 Å². The quantitative estimate of drug-likeness (QED) is 0.912. The van der Waals surface area contributed by atoms with Crippen LogP contribution in [0.4, 0.5) is 0 Å². The van der Waals surface area contributed by atoms with Gasteiger partial charge in [-0.15, -0.1) is 0 Å². The molecule has 0 aromatic heterocycles. The Labute approximate surface area is 121 Å². The monoisotopic (exact) mass is 275 g/mol. The summed E-state index contributed by atoms with van der Waals surface area (Å²) in [5.74, 6) is 1.11. The minimum atomic E-state index is 0.111. The molecule has 1 unspecified atom stereocenters. The number of nitrogens with zero attached hydrogens (tertiary/aromatic N) is 1. The molecule has 0 spiro atoms. The van der Waals surface area contributed by atoms with Gasteiger partial charge in [-0.3, -0.25) is 4.79 Å². The zero-order valence-corrected chi connectivity index (χ0v) is 12.6. The second kappa shape index (κ2) is 6.78. The molecule has 1 atom stereocenters. The molecule has 1 aromatic carbocycles. The first-order valence-corrected chi connectivity index (χ1v) is 7.70. The summed E-state index contributed by atoms with van der Waals surface area (Å²) in [6.07, 6.45) is 5.98. The van der Waals surface area contributed by atoms with E-state index in [1.807, 2.05) is 11.8 Å². The van der Waals surface area contributed by atoms with Crippen molar-refractivity contribution < 1.29 is 9.90 Å². The number of amides is 1. The van der Waals surface area contributed by atoms with E-state index in [4.69, 9.17) is 0 Å². The molecule has 1 saturated heterocycles. The van der Waals surface area contributed by atoms with E-state index in [1.54, 1.807) is 18.2 Å². The maximum atomic E-state index is 12.6. The highest BCUT2D eigenvalue weighted by Gasteiger charge is 2.22. The van der Waals surface area contributed by atoms with E-state index in [0.717, 1.165) is 43.0 Å². The lowest BCUT2D eigenvalue weighted by atomic mass is 9.96. The maximum Gasteiger partial charge on any atom is 0.254 e. The van der Waals surface area contributed by atoms with Gasteiger partial charge in [0, 0.05) is 18.7 Å². The van der Waals surface area contributed by atoms with E-state index in [1.165, 1.54) is 19.3 Å². The van der Waals surface area contributed by atoms with Crippen LogP contribution in [0, 0.1) is 12.8 Å². The zero-order valence-electron chi connectivity index (χ0n) is 12.6. The van der Waals surface area contributed by atoms with Crippen LogP contribution in [-0.2, 0) is 0 Å². The van der Waals surface area contributed by atoms with Crippen LogP contribution in [0.1, 0.15) is 54.9 Å². The zero-order chi connectivity index (χ0) is 14.5. The van der Waals surface area contributed by atoms with Gasteiger partial charge in [-0.25, -0.2) is 0 Å². The third-order valence-electron chi connectivity index (χ3n) is 4.27. The largest absolute Gasteiger partial charge is 0.508 e.